The summed E-state index contributed by atoms with van der Waals surface area (Å²) in [6, 6.07) is 8.00. The summed E-state index contributed by atoms with van der Waals surface area (Å²) < 4.78 is 0. The van der Waals surface area contributed by atoms with Crippen LogP contribution in [0.15, 0.2) is 30.5 Å². The van der Waals surface area contributed by atoms with E-state index in [2.05, 4.69) is 17.1 Å². The molecule has 0 bridgehead atoms. The van der Waals surface area contributed by atoms with Crippen LogP contribution in [0, 0.1) is 0 Å². The summed E-state index contributed by atoms with van der Waals surface area (Å²) in [5, 5.41) is 1.23. The summed E-state index contributed by atoms with van der Waals surface area (Å²) in [4.78, 5) is 33.7. The van der Waals surface area contributed by atoms with Crippen LogP contribution in [0.5, 0.6) is 0 Å². The van der Waals surface area contributed by atoms with Gasteiger partial charge < -0.3 is 14.8 Å². The molecule has 1 aliphatic heterocycles. The predicted octanol–water partition coefficient (Wildman–Crippen LogP) is 1.72. The quantitative estimate of drug-likeness (QED) is 0.887. The number of amides is 2. The lowest BCUT2D eigenvalue weighted by Gasteiger charge is -2.39. The highest BCUT2D eigenvalue weighted by molar-refractivity contribution is 5.84. The van der Waals surface area contributed by atoms with Gasteiger partial charge in [-0.05, 0) is 31.5 Å². The minimum atomic E-state index is -0.240. The first kappa shape index (κ1) is 18.5. The molecule has 1 atom stereocenters. The van der Waals surface area contributed by atoms with Crippen molar-refractivity contribution in [1.82, 2.24) is 19.7 Å². The van der Waals surface area contributed by atoms with E-state index in [1.165, 1.54) is 10.9 Å². The Hall–Kier alpha value is -2.34. The van der Waals surface area contributed by atoms with Gasteiger partial charge in [0, 0.05) is 57.3 Å². The maximum Gasteiger partial charge on any atom is 0.241 e. The third-order valence-corrected chi connectivity index (χ3v) is 5.24. The van der Waals surface area contributed by atoms with Gasteiger partial charge in [-0.1, -0.05) is 18.2 Å². The van der Waals surface area contributed by atoms with Crippen LogP contribution in [0.25, 0.3) is 10.9 Å². The first-order valence-electron chi connectivity index (χ1n) is 9.21. The number of aromatic nitrogens is 1. The number of carbonyl (C=O) groups is 2. The van der Waals surface area contributed by atoms with Crippen LogP contribution < -0.4 is 0 Å². The Kier molecular flexibility index (Phi) is 5.61. The van der Waals surface area contributed by atoms with Crippen molar-refractivity contribution in [2.75, 3.05) is 40.8 Å². The Morgan fingerprint density at radius 2 is 2.00 bits per heavy atom. The summed E-state index contributed by atoms with van der Waals surface area (Å²) in [6.45, 7) is 1.91. The maximum atomic E-state index is 12.6. The summed E-state index contributed by atoms with van der Waals surface area (Å²) in [5.74, 6) is 0.207. The predicted molar refractivity (Wildman–Crippen MR) is 103 cm³/mol. The summed E-state index contributed by atoms with van der Waals surface area (Å²) >= 11 is 0. The molecule has 2 amide bonds. The number of fused-ring (bicyclic) bond motifs is 1. The van der Waals surface area contributed by atoms with Crippen molar-refractivity contribution in [2.24, 2.45) is 0 Å². The lowest BCUT2D eigenvalue weighted by molar-refractivity contribution is -0.141. The van der Waals surface area contributed by atoms with Crippen LogP contribution in [0.2, 0.25) is 0 Å². The van der Waals surface area contributed by atoms with E-state index in [9.17, 15) is 9.59 Å². The molecular weight excluding hydrogens is 328 g/mol. The van der Waals surface area contributed by atoms with E-state index >= 15 is 0 Å². The monoisotopic (exact) mass is 356 g/mol. The average Bonchev–Trinajstić information content (AvgIpc) is 3.04. The highest BCUT2D eigenvalue weighted by Gasteiger charge is 2.32. The minimum Gasteiger partial charge on any atom is -0.361 e. The van der Waals surface area contributed by atoms with Gasteiger partial charge in [-0.3, -0.25) is 14.5 Å². The number of piperazine rings is 1. The molecular formula is C20H28N4O2. The van der Waals surface area contributed by atoms with Gasteiger partial charge in [0.05, 0.1) is 0 Å². The van der Waals surface area contributed by atoms with Gasteiger partial charge in [0.25, 0.3) is 0 Å². The van der Waals surface area contributed by atoms with E-state index in [1.807, 2.05) is 35.2 Å². The lowest BCUT2D eigenvalue weighted by Crippen LogP contribution is -2.58. The van der Waals surface area contributed by atoms with Gasteiger partial charge in [0.1, 0.15) is 6.04 Å². The topological polar surface area (TPSA) is 59.7 Å². The Morgan fingerprint density at radius 3 is 2.77 bits per heavy atom. The van der Waals surface area contributed by atoms with Crippen molar-refractivity contribution < 1.29 is 9.59 Å². The molecule has 1 aliphatic rings. The first-order valence-corrected chi connectivity index (χ1v) is 9.21. The smallest absolute Gasteiger partial charge is 0.241 e. The van der Waals surface area contributed by atoms with Crippen LogP contribution in [-0.4, -0.2) is 78.3 Å². The van der Waals surface area contributed by atoms with Crippen LogP contribution in [0.4, 0.5) is 0 Å². The molecule has 1 aromatic carbocycles. The zero-order valence-electron chi connectivity index (χ0n) is 15.9. The van der Waals surface area contributed by atoms with Gasteiger partial charge in [0.2, 0.25) is 11.8 Å². The highest BCUT2D eigenvalue weighted by Crippen LogP contribution is 2.20. The zero-order valence-corrected chi connectivity index (χ0v) is 15.9. The third kappa shape index (κ3) is 3.90. The summed E-state index contributed by atoms with van der Waals surface area (Å²) in [6.07, 6.45) is 4.26. The molecule has 3 rings (SSSR count). The number of H-pyrrole nitrogens is 1. The van der Waals surface area contributed by atoms with E-state index in [0.717, 1.165) is 24.9 Å². The molecule has 140 valence electrons. The maximum absolute atomic E-state index is 12.6. The van der Waals surface area contributed by atoms with E-state index in [1.54, 1.807) is 19.0 Å². The molecule has 6 nitrogen and oxygen atoms in total. The number of benzene rings is 1. The van der Waals surface area contributed by atoms with Crippen LogP contribution >= 0.6 is 0 Å². The van der Waals surface area contributed by atoms with Gasteiger partial charge in [-0.15, -0.1) is 0 Å². The number of hydrogen-bond donors (Lipinski definition) is 1. The number of aromatic amines is 1. The Morgan fingerprint density at radius 1 is 1.23 bits per heavy atom. The van der Waals surface area contributed by atoms with Gasteiger partial charge in [-0.2, -0.15) is 0 Å². The van der Waals surface area contributed by atoms with Crippen molar-refractivity contribution in [3.8, 4) is 0 Å². The molecule has 0 saturated carbocycles. The van der Waals surface area contributed by atoms with E-state index in [0.29, 0.717) is 19.5 Å². The Balaban J connectivity index is 1.54. The molecule has 6 heteroatoms. The van der Waals surface area contributed by atoms with Crippen molar-refractivity contribution >= 4 is 22.7 Å². The van der Waals surface area contributed by atoms with Crippen molar-refractivity contribution in [3.05, 3.63) is 36.0 Å². The Bertz CT molecular complexity index is 783. The number of rotatable bonds is 5. The fourth-order valence-electron chi connectivity index (χ4n) is 3.59. The molecule has 1 N–H and O–H groups in total. The lowest BCUT2D eigenvalue weighted by atomic mass is 10.1. The summed E-state index contributed by atoms with van der Waals surface area (Å²) in [7, 11) is 5.47. The number of carbonyl (C=O) groups excluding carboxylic acids is 2. The number of nitrogens with zero attached hydrogens (tertiary/aromatic N) is 3. The largest absolute Gasteiger partial charge is 0.361 e. The number of aryl methyl sites for hydroxylation is 1. The number of hydrogen-bond acceptors (Lipinski definition) is 3. The summed E-state index contributed by atoms with van der Waals surface area (Å²) in [5.41, 5.74) is 2.39. The van der Waals surface area contributed by atoms with Crippen molar-refractivity contribution in [1.29, 1.82) is 0 Å². The Labute approximate surface area is 154 Å². The third-order valence-electron chi connectivity index (χ3n) is 5.24. The van der Waals surface area contributed by atoms with Crippen molar-refractivity contribution in [3.63, 3.8) is 0 Å². The molecule has 1 fully saturated rings. The molecule has 1 aromatic heterocycles. The average molecular weight is 356 g/mol. The SMILES string of the molecule is CN(C)C(=O)[C@@H]1CN(C(=O)CCCc2c[nH]c3ccccc23)CCN1C. The number of likely N-dealkylation sites (N-methyl/N-ethyl adjacent to an activating group) is 2. The van der Waals surface area contributed by atoms with Crippen LogP contribution in [0.1, 0.15) is 18.4 Å². The fourth-order valence-corrected chi connectivity index (χ4v) is 3.59. The fraction of sp³-hybridized carbons (Fsp3) is 0.500. The molecule has 0 aliphatic carbocycles. The molecule has 2 heterocycles. The number of nitrogens with one attached hydrogen (secondary N) is 1. The standard InChI is InChI=1S/C20H28N4O2/c1-22(2)20(26)18-14-24(12-11-23(18)3)19(25)10-6-7-15-13-21-17-9-5-4-8-16(15)17/h4-5,8-9,13,18,21H,6-7,10-12,14H2,1-3H3/t18-/m0/s1. The zero-order chi connectivity index (χ0) is 18.7. The van der Waals surface area contributed by atoms with Gasteiger partial charge in [0.15, 0.2) is 0 Å². The van der Waals surface area contributed by atoms with Crippen molar-refractivity contribution in [2.45, 2.75) is 25.3 Å². The molecule has 0 unspecified atom stereocenters. The van der Waals surface area contributed by atoms with E-state index in [-0.39, 0.29) is 17.9 Å². The van der Waals surface area contributed by atoms with Crippen LogP contribution in [0.3, 0.4) is 0 Å². The van der Waals surface area contributed by atoms with Gasteiger partial charge in [-0.25, -0.2) is 0 Å². The molecule has 1 saturated heterocycles. The molecule has 0 spiro atoms. The minimum absolute atomic E-state index is 0.0591. The van der Waals surface area contributed by atoms with Gasteiger partial charge >= 0.3 is 0 Å². The highest BCUT2D eigenvalue weighted by atomic mass is 16.2. The van der Waals surface area contributed by atoms with E-state index in [4.69, 9.17) is 0 Å². The molecule has 2 aromatic rings. The van der Waals surface area contributed by atoms with E-state index < -0.39 is 0 Å². The second kappa shape index (κ2) is 7.91. The molecule has 26 heavy (non-hydrogen) atoms. The molecule has 0 radical (unpaired) electrons. The second-order valence-electron chi connectivity index (χ2n) is 7.28. The normalized spacial score (nSPS) is 18.3. The number of para-hydroxylation sites is 1. The first-order chi connectivity index (χ1) is 12.5. The van der Waals surface area contributed by atoms with Crippen LogP contribution in [-0.2, 0) is 16.0 Å². The second-order valence-corrected chi connectivity index (χ2v) is 7.28.